The molecule has 2 N–H and O–H groups in total. The molecule has 1 amide bonds. The van der Waals surface area contributed by atoms with Gasteiger partial charge < -0.3 is 10.5 Å². The van der Waals surface area contributed by atoms with Crippen molar-refractivity contribution in [1.29, 1.82) is 0 Å². The highest BCUT2D eigenvalue weighted by molar-refractivity contribution is 7.89. The lowest BCUT2D eigenvalue weighted by atomic mass is 9.98. The van der Waals surface area contributed by atoms with E-state index in [0.29, 0.717) is 32.4 Å². The Kier molecular flexibility index (Phi) is 5.42. The standard InChI is InChI=1S/C15H22N2O4S/c1-21-14-4-2-3-12(11-14)7-10-22(19,20)17-8-5-13(6-9-17)15(16)18/h2-4,11,13H,5-10H2,1H3,(H2,16,18). The second kappa shape index (κ2) is 7.11. The highest BCUT2D eigenvalue weighted by Crippen LogP contribution is 2.20. The molecule has 0 spiro atoms. The Morgan fingerprint density at radius 2 is 2.05 bits per heavy atom. The molecular weight excluding hydrogens is 304 g/mol. The van der Waals surface area contributed by atoms with Crippen LogP contribution in [0.5, 0.6) is 5.75 Å². The van der Waals surface area contributed by atoms with Gasteiger partial charge in [-0.15, -0.1) is 0 Å². The summed E-state index contributed by atoms with van der Waals surface area (Å²) in [7, 11) is -1.73. The van der Waals surface area contributed by atoms with Gasteiger partial charge in [0, 0.05) is 19.0 Å². The highest BCUT2D eigenvalue weighted by atomic mass is 32.2. The third-order valence-corrected chi connectivity index (χ3v) is 5.90. The van der Waals surface area contributed by atoms with Crippen molar-refractivity contribution in [3.05, 3.63) is 29.8 Å². The molecule has 7 heteroatoms. The number of nitrogens with zero attached hydrogens (tertiary/aromatic N) is 1. The first kappa shape index (κ1) is 16.8. The smallest absolute Gasteiger partial charge is 0.220 e. The summed E-state index contributed by atoms with van der Waals surface area (Å²) in [5, 5.41) is 0. The van der Waals surface area contributed by atoms with Crippen LogP contribution in [-0.2, 0) is 21.2 Å². The Morgan fingerprint density at radius 1 is 1.36 bits per heavy atom. The zero-order chi connectivity index (χ0) is 16.2. The van der Waals surface area contributed by atoms with Gasteiger partial charge >= 0.3 is 0 Å². The fourth-order valence-electron chi connectivity index (χ4n) is 2.62. The van der Waals surface area contributed by atoms with Gasteiger partial charge in [0.1, 0.15) is 5.75 Å². The molecule has 0 aliphatic carbocycles. The van der Waals surface area contributed by atoms with Crippen molar-refractivity contribution in [3.63, 3.8) is 0 Å². The Morgan fingerprint density at radius 3 is 2.64 bits per heavy atom. The lowest BCUT2D eigenvalue weighted by molar-refractivity contribution is -0.122. The van der Waals surface area contributed by atoms with Crippen LogP contribution in [0, 0.1) is 5.92 Å². The zero-order valence-corrected chi connectivity index (χ0v) is 13.5. The molecule has 1 aromatic rings. The number of carbonyl (C=O) groups excluding carboxylic acids is 1. The van der Waals surface area contributed by atoms with Crippen LogP contribution in [-0.4, -0.2) is 44.6 Å². The second-order valence-corrected chi connectivity index (χ2v) is 7.58. The molecule has 0 unspecified atom stereocenters. The van der Waals surface area contributed by atoms with Gasteiger partial charge in [0.2, 0.25) is 15.9 Å². The minimum Gasteiger partial charge on any atom is -0.497 e. The number of aryl methyl sites for hydroxylation is 1. The second-order valence-electron chi connectivity index (χ2n) is 5.49. The predicted octanol–water partition coefficient (Wildman–Crippen LogP) is 0.765. The van der Waals surface area contributed by atoms with E-state index in [-0.39, 0.29) is 17.6 Å². The molecule has 1 heterocycles. The summed E-state index contributed by atoms with van der Waals surface area (Å²) in [6.45, 7) is 0.738. The molecule has 0 atom stereocenters. The van der Waals surface area contributed by atoms with Crippen LogP contribution >= 0.6 is 0 Å². The highest BCUT2D eigenvalue weighted by Gasteiger charge is 2.29. The van der Waals surface area contributed by atoms with Crippen molar-refractivity contribution in [1.82, 2.24) is 4.31 Å². The van der Waals surface area contributed by atoms with Crippen LogP contribution in [0.3, 0.4) is 0 Å². The molecule has 1 aliphatic rings. The number of methoxy groups -OCH3 is 1. The van der Waals surface area contributed by atoms with E-state index in [4.69, 9.17) is 10.5 Å². The van der Waals surface area contributed by atoms with Gasteiger partial charge in [0.05, 0.1) is 12.9 Å². The van der Waals surface area contributed by atoms with E-state index in [1.54, 1.807) is 7.11 Å². The Balaban J connectivity index is 1.92. The van der Waals surface area contributed by atoms with Crippen molar-refractivity contribution in [2.45, 2.75) is 19.3 Å². The third kappa shape index (κ3) is 4.20. The topological polar surface area (TPSA) is 89.7 Å². The average Bonchev–Trinajstić information content (AvgIpc) is 2.53. The molecule has 0 saturated carbocycles. The van der Waals surface area contributed by atoms with E-state index in [0.717, 1.165) is 11.3 Å². The largest absolute Gasteiger partial charge is 0.497 e. The van der Waals surface area contributed by atoms with Gasteiger partial charge in [-0.3, -0.25) is 4.79 Å². The lowest BCUT2D eigenvalue weighted by Gasteiger charge is -2.29. The summed E-state index contributed by atoms with van der Waals surface area (Å²) in [5.74, 6) is 0.233. The van der Waals surface area contributed by atoms with Crippen LogP contribution in [0.25, 0.3) is 0 Å². The number of amides is 1. The molecule has 22 heavy (non-hydrogen) atoms. The maximum absolute atomic E-state index is 12.4. The van der Waals surface area contributed by atoms with Crippen LogP contribution < -0.4 is 10.5 Å². The van der Waals surface area contributed by atoms with Crippen molar-refractivity contribution in [2.75, 3.05) is 26.0 Å². The summed E-state index contributed by atoms with van der Waals surface area (Å²) in [5.41, 5.74) is 6.19. The number of nitrogens with two attached hydrogens (primary N) is 1. The van der Waals surface area contributed by atoms with E-state index in [9.17, 15) is 13.2 Å². The molecule has 6 nitrogen and oxygen atoms in total. The minimum absolute atomic E-state index is 0.0570. The number of carbonyl (C=O) groups is 1. The average molecular weight is 326 g/mol. The first-order valence-corrected chi connectivity index (χ1v) is 8.93. The van der Waals surface area contributed by atoms with Gasteiger partial charge in [-0.2, -0.15) is 0 Å². The van der Waals surface area contributed by atoms with Crippen molar-refractivity contribution >= 4 is 15.9 Å². The van der Waals surface area contributed by atoms with Crippen LogP contribution in [0.4, 0.5) is 0 Å². The van der Waals surface area contributed by atoms with Gasteiger partial charge in [0.25, 0.3) is 0 Å². The zero-order valence-electron chi connectivity index (χ0n) is 12.7. The summed E-state index contributed by atoms with van der Waals surface area (Å²) < 4.78 is 31.3. The molecule has 1 saturated heterocycles. The maximum atomic E-state index is 12.4. The predicted molar refractivity (Wildman–Crippen MR) is 84.0 cm³/mol. The monoisotopic (exact) mass is 326 g/mol. The first-order valence-electron chi connectivity index (χ1n) is 7.32. The van der Waals surface area contributed by atoms with Gasteiger partial charge in [0.15, 0.2) is 0 Å². The van der Waals surface area contributed by atoms with E-state index >= 15 is 0 Å². The van der Waals surface area contributed by atoms with E-state index in [1.165, 1.54) is 4.31 Å². The minimum atomic E-state index is -3.31. The van der Waals surface area contributed by atoms with Crippen molar-refractivity contribution in [2.24, 2.45) is 11.7 Å². The number of hydrogen-bond acceptors (Lipinski definition) is 4. The number of sulfonamides is 1. The fraction of sp³-hybridized carbons (Fsp3) is 0.533. The number of piperidine rings is 1. The van der Waals surface area contributed by atoms with E-state index in [1.807, 2.05) is 24.3 Å². The van der Waals surface area contributed by atoms with Crippen LogP contribution in [0.2, 0.25) is 0 Å². The summed E-state index contributed by atoms with van der Waals surface area (Å²) >= 11 is 0. The normalized spacial score (nSPS) is 17.3. The summed E-state index contributed by atoms with van der Waals surface area (Å²) in [6, 6.07) is 7.40. The molecule has 2 rings (SSSR count). The molecule has 122 valence electrons. The van der Waals surface area contributed by atoms with Crippen LogP contribution in [0.15, 0.2) is 24.3 Å². The summed E-state index contributed by atoms with van der Waals surface area (Å²) in [4.78, 5) is 11.1. The number of primary amides is 1. The molecular formula is C15H22N2O4S. The lowest BCUT2D eigenvalue weighted by Crippen LogP contribution is -2.42. The van der Waals surface area contributed by atoms with Gasteiger partial charge in [-0.05, 0) is 37.0 Å². The first-order chi connectivity index (χ1) is 10.4. The Hall–Kier alpha value is -1.60. The number of hydrogen-bond donors (Lipinski definition) is 1. The van der Waals surface area contributed by atoms with Crippen molar-refractivity contribution in [3.8, 4) is 5.75 Å². The Labute approximate surface area is 131 Å². The third-order valence-electron chi connectivity index (χ3n) is 4.03. The quantitative estimate of drug-likeness (QED) is 0.836. The van der Waals surface area contributed by atoms with Gasteiger partial charge in [-0.25, -0.2) is 12.7 Å². The number of ether oxygens (including phenoxy) is 1. The van der Waals surface area contributed by atoms with E-state index < -0.39 is 10.0 Å². The summed E-state index contributed by atoms with van der Waals surface area (Å²) in [6.07, 6.45) is 1.46. The number of rotatable bonds is 6. The molecule has 0 bridgehead atoms. The Bertz CT molecular complexity index is 622. The molecule has 0 radical (unpaired) electrons. The molecule has 1 aliphatic heterocycles. The fourth-order valence-corrected chi connectivity index (χ4v) is 4.14. The van der Waals surface area contributed by atoms with Crippen molar-refractivity contribution < 1.29 is 17.9 Å². The maximum Gasteiger partial charge on any atom is 0.220 e. The molecule has 1 fully saturated rings. The molecule has 0 aromatic heterocycles. The van der Waals surface area contributed by atoms with E-state index in [2.05, 4.69) is 0 Å². The van der Waals surface area contributed by atoms with Gasteiger partial charge in [-0.1, -0.05) is 12.1 Å². The molecule has 1 aromatic carbocycles. The number of benzene rings is 1. The van der Waals surface area contributed by atoms with Crippen LogP contribution in [0.1, 0.15) is 18.4 Å². The SMILES string of the molecule is COc1cccc(CCS(=O)(=O)N2CCC(C(N)=O)CC2)c1.